The van der Waals surface area contributed by atoms with Crippen LogP contribution in [0.2, 0.25) is 0 Å². The quantitative estimate of drug-likeness (QED) is 0.431. The van der Waals surface area contributed by atoms with Gasteiger partial charge in [0.25, 0.3) is 5.24 Å². The number of benzene rings is 3. The summed E-state index contributed by atoms with van der Waals surface area (Å²) in [5, 5.41) is 1.00. The summed E-state index contributed by atoms with van der Waals surface area (Å²) in [7, 11) is 0. The lowest BCUT2D eigenvalue weighted by Crippen LogP contribution is -2.10. The Balaban J connectivity index is 2.21. The lowest BCUT2D eigenvalue weighted by molar-refractivity contribution is 0.103. The van der Waals surface area contributed by atoms with Crippen molar-refractivity contribution >= 4 is 49.3 Å². The van der Waals surface area contributed by atoms with Gasteiger partial charge in [-0.3, -0.25) is 9.59 Å². The van der Waals surface area contributed by atoms with Crippen LogP contribution in [-0.4, -0.2) is 11.0 Å². The van der Waals surface area contributed by atoms with Crippen molar-refractivity contribution in [1.29, 1.82) is 0 Å². The number of hydrogen-bond donors (Lipinski definition) is 0. The van der Waals surface area contributed by atoms with E-state index in [9.17, 15) is 9.59 Å². The number of carbonyl (C=O) groups is 2. The molecule has 3 aromatic rings. The van der Waals surface area contributed by atoms with Gasteiger partial charge in [0.1, 0.15) is 0 Å². The molecule has 0 spiro atoms. The van der Waals surface area contributed by atoms with Crippen molar-refractivity contribution < 1.29 is 9.59 Å². The van der Waals surface area contributed by atoms with Crippen molar-refractivity contribution in [2.75, 3.05) is 0 Å². The van der Waals surface area contributed by atoms with Crippen LogP contribution in [0, 0.1) is 0 Å². The van der Waals surface area contributed by atoms with E-state index in [1.165, 1.54) is 0 Å². The molecule has 4 heteroatoms. The Morgan fingerprint density at radius 3 is 2.45 bits per heavy atom. The Labute approximate surface area is 139 Å². The number of ketones is 1. The van der Waals surface area contributed by atoms with Gasteiger partial charge in [-0.05, 0) is 46.3 Å². The summed E-state index contributed by atoms with van der Waals surface area (Å²) in [6.45, 7) is 0. The Kier molecular flexibility index (Phi) is 2.96. The molecule has 0 unspecified atom stereocenters. The van der Waals surface area contributed by atoms with Crippen LogP contribution in [0.3, 0.4) is 0 Å². The van der Waals surface area contributed by atoms with Crippen molar-refractivity contribution in [2.24, 2.45) is 0 Å². The summed E-state index contributed by atoms with van der Waals surface area (Å²) < 4.78 is 0.864. The lowest BCUT2D eigenvalue weighted by Gasteiger charge is -2.20. The van der Waals surface area contributed by atoms with Gasteiger partial charge in [-0.1, -0.05) is 46.3 Å². The minimum Gasteiger partial charge on any atom is -0.289 e. The Hall–Kier alpha value is -1.97. The fourth-order valence-corrected chi connectivity index (χ4v) is 3.60. The number of halogens is 2. The summed E-state index contributed by atoms with van der Waals surface area (Å²) in [6, 6.07) is 14.6. The fourth-order valence-electron chi connectivity index (χ4n) is 3.08. The van der Waals surface area contributed by atoms with Gasteiger partial charge in [-0.2, -0.15) is 0 Å². The topological polar surface area (TPSA) is 34.1 Å². The highest BCUT2D eigenvalue weighted by Crippen LogP contribution is 2.41. The zero-order chi connectivity index (χ0) is 15.4. The molecule has 0 aliphatic heterocycles. The molecule has 0 saturated carbocycles. The smallest absolute Gasteiger partial charge is 0.253 e. The SMILES string of the molecule is O=C(Cl)c1ccc2c3c(cccc13)C(=O)c1cc(Br)ccc1-2. The number of carbonyl (C=O) groups excluding carboxylic acids is 2. The average Bonchev–Trinajstić information content (AvgIpc) is 2.51. The fraction of sp³-hybridized carbons (Fsp3) is 0. The maximum Gasteiger partial charge on any atom is 0.253 e. The van der Waals surface area contributed by atoms with Gasteiger partial charge in [0.15, 0.2) is 5.78 Å². The molecule has 3 aromatic carbocycles. The minimum atomic E-state index is -0.516. The van der Waals surface area contributed by atoms with Crippen LogP contribution in [0.5, 0.6) is 0 Å². The van der Waals surface area contributed by atoms with E-state index in [1.807, 2.05) is 30.3 Å². The summed E-state index contributed by atoms with van der Waals surface area (Å²) in [4.78, 5) is 24.4. The highest BCUT2D eigenvalue weighted by atomic mass is 79.9. The van der Waals surface area contributed by atoms with Crippen LogP contribution < -0.4 is 0 Å². The molecule has 0 N–H and O–H groups in total. The highest BCUT2D eigenvalue weighted by Gasteiger charge is 2.26. The van der Waals surface area contributed by atoms with E-state index in [2.05, 4.69) is 15.9 Å². The number of rotatable bonds is 1. The Morgan fingerprint density at radius 1 is 0.909 bits per heavy atom. The monoisotopic (exact) mass is 370 g/mol. The van der Waals surface area contributed by atoms with E-state index in [-0.39, 0.29) is 5.78 Å². The van der Waals surface area contributed by atoms with Crippen LogP contribution in [0.4, 0.5) is 0 Å². The Morgan fingerprint density at radius 2 is 1.68 bits per heavy atom. The molecule has 0 radical (unpaired) electrons. The molecule has 0 saturated heterocycles. The zero-order valence-electron chi connectivity index (χ0n) is 11.2. The predicted molar refractivity (Wildman–Crippen MR) is 90.7 cm³/mol. The molecule has 1 aliphatic carbocycles. The van der Waals surface area contributed by atoms with Crippen LogP contribution >= 0.6 is 27.5 Å². The third kappa shape index (κ3) is 1.79. The standard InChI is InChI=1S/C18H8BrClO2/c19-9-4-5-10-12-6-7-13(18(20)22)11-2-1-3-14(16(11)12)17(21)15(10)8-9/h1-8H. The molecule has 1 aliphatic rings. The first kappa shape index (κ1) is 13.7. The summed E-state index contributed by atoms with van der Waals surface area (Å²) in [5.41, 5.74) is 3.53. The number of fused-ring (bicyclic) bond motifs is 2. The van der Waals surface area contributed by atoms with Gasteiger partial charge in [-0.25, -0.2) is 0 Å². The van der Waals surface area contributed by atoms with Gasteiger partial charge in [0.05, 0.1) is 0 Å². The van der Waals surface area contributed by atoms with Crippen LogP contribution in [0.15, 0.2) is 53.0 Å². The largest absolute Gasteiger partial charge is 0.289 e. The van der Waals surface area contributed by atoms with Crippen molar-refractivity contribution in [3.63, 3.8) is 0 Å². The molecule has 0 amide bonds. The first-order valence-corrected chi connectivity index (χ1v) is 7.85. The molecule has 106 valence electrons. The predicted octanol–water partition coefficient (Wildman–Crippen LogP) is 5.19. The van der Waals surface area contributed by atoms with Crippen LogP contribution in [0.1, 0.15) is 26.3 Å². The zero-order valence-corrected chi connectivity index (χ0v) is 13.5. The van der Waals surface area contributed by atoms with Crippen molar-refractivity contribution in [3.8, 4) is 11.1 Å². The van der Waals surface area contributed by atoms with E-state index < -0.39 is 5.24 Å². The maximum atomic E-state index is 12.8. The number of hydrogen-bond acceptors (Lipinski definition) is 2. The summed E-state index contributed by atoms with van der Waals surface area (Å²) in [6.07, 6.45) is 0. The van der Waals surface area contributed by atoms with Gasteiger partial charge in [-0.15, -0.1) is 0 Å². The highest BCUT2D eigenvalue weighted by molar-refractivity contribution is 9.10. The molecule has 0 atom stereocenters. The van der Waals surface area contributed by atoms with E-state index in [0.29, 0.717) is 16.7 Å². The van der Waals surface area contributed by atoms with Crippen molar-refractivity contribution in [3.05, 3.63) is 69.7 Å². The maximum absolute atomic E-state index is 12.8. The average molecular weight is 372 g/mol. The third-order valence-electron chi connectivity index (χ3n) is 4.01. The molecule has 4 rings (SSSR count). The van der Waals surface area contributed by atoms with E-state index >= 15 is 0 Å². The molecule has 0 aromatic heterocycles. The summed E-state index contributed by atoms with van der Waals surface area (Å²) in [5.74, 6) is -0.0337. The van der Waals surface area contributed by atoms with Crippen molar-refractivity contribution in [1.82, 2.24) is 0 Å². The minimum absolute atomic E-state index is 0.0337. The lowest BCUT2D eigenvalue weighted by atomic mass is 9.82. The van der Waals surface area contributed by atoms with Crippen LogP contribution in [-0.2, 0) is 0 Å². The van der Waals surface area contributed by atoms with Gasteiger partial charge in [0, 0.05) is 26.5 Å². The second kappa shape index (κ2) is 4.77. The molecular formula is C18H8BrClO2. The molecular weight excluding hydrogens is 364 g/mol. The second-order valence-electron chi connectivity index (χ2n) is 5.18. The van der Waals surface area contributed by atoms with E-state index in [4.69, 9.17) is 11.6 Å². The molecule has 2 nitrogen and oxygen atoms in total. The Bertz CT molecular complexity index is 992. The first-order chi connectivity index (χ1) is 10.6. The first-order valence-electron chi connectivity index (χ1n) is 6.68. The molecule has 22 heavy (non-hydrogen) atoms. The van der Waals surface area contributed by atoms with Gasteiger partial charge < -0.3 is 0 Å². The third-order valence-corrected chi connectivity index (χ3v) is 4.71. The molecule has 0 heterocycles. The molecule has 0 bridgehead atoms. The van der Waals surface area contributed by atoms with E-state index in [1.54, 1.807) is 18.2 Å². The second-order valence-corrected chi connectivity index (χ2v) is 6.44. The molecule has 0 fully saturated rings. The van der Waals surface area contributed by atoms with Crippen LogP contribution in [0.25, 0.3) is 21.9 Å². The van der Waals surface area contributed by atoms with Gasteiger partial charge in [0.2, 0.25) is 0 Å². The van der Waals surface area contributed by atoms with Gasteiger partial charge >= 0.3 is 0 Å². The summed E-state index contributed by atoms with van der Waals surface area (Å²) >= 11 is 9.09. The van der Waals surface area contributed by atoms with E-state index in [0.717, 1.165) is 26.4 Å². The normalized spacial score (nSPS) is 12.4. The van der Waals surface area contributed by atoms with Crippen molar-refractivity contribution in [2.45, 2.75) is 0 Å².